The Morgan fingerprint density at radius 1 is 1.00 bits per heavy atom. The molecule has 0 aromatic heterocycles. The van der Waals surface area contributed by atoms with Crippen molar-refractivity contribution in [2.24, 2.45) is 5.92 Å². The Morgan fingerprint density at radius 2 is 1.65 bits per heavy atom. The maximum Gasteiger partial charge on any atom is 0.0746 e. The predicted molar refractivity (Wildman–Crippen MR) is 84.6 cm³/mol. The van der Waals surface area contributed by atoms with E-state index < -0.39 is 0 Å². The standard InChI is InChI=1S/C19H25N/c1-16-8-10-17(11-9-16)12-13-19(18-6-2-3-7-18)20-14-4-5-15-20/h8-11,18-19H,2-7,14-15H2,1H3. The van der Waals surface area contributed by atoms with Gasteiger partial charge >= 0.3 is 0 Å². The third kappa shape index (κ3) is 3.25. The summed E-state index contributed by atoms with van der Waals surface area (Å²) in [6.45, 7) is 4.64. The predicted octanol–water partition coefficient (Wildman–Crippen LogP) is 4.00. The molecule has 0 radical (unpaired) electrons. The van der Waals surface area contributed by atoms with E-state index in [1.807, 2.05) is 0 Å². The molecule has 0 bridgehead atoms. The Hall–Kier alpha value is -1.26. The smallest absolute Gasteiger partial charge is 0.0746 e. The van der Waals surface area contributed by atoms with Gasteiger partial charge in [0.15, 0.2) is 0 Å². The first-order chi connectivity index (χ1) is 9.83. The van der Waals surface area contributed by atoms with Crippen molar-refractivity contribution >= 4 is 0 Å². The lowest BCUT2D eigenvalue weighted by Gasteiger charge is -2.28. The maximum atomic E-state index is 3.62. The molecule has 2 fully saturated rings. The molecule has 1 heteroatoms. The molecule has 1 unspecified atom stereocenters. The summed E-state index contributed by atoms with van der Waals surface area (Å²) in [6, 6.07) is 9.12. The highest BCUT2D eigenvalue weighted by molar-refractivity contribution is 5.37. The quantitative estimate of drug-likeness (QED) is 0.732. The minimum absolute atomic E-state index is 0.501. The second-order valence-electron chi connectivity index (χ2n) is 6.37. The van der Waals surface area contributed by atoms with E-state index in [1.54, 1.807) is 0 Å². The van der Waals surface area contributed by atoms with Crippen LogP contribution in [0.5, 0.6) is 0 Å². The van der Waals surface area contributed by atoms with Crippen LogP contribution in [-0.4, -0.2) is 24.0 Å². The van der Waals surface area contributed by atoms with Crippen molar-refractivity contribution in [1.29, 1.82) is 0 Å². The van der Waals surface area contributed by atoms with Crippen LogP contribution in [0.2, 0.25) is 0 Å². The fourth-order valence-electron chi connectivity index (χ4n) is 3.59. The van der Waals surface area contributed by atoms with Gasteiger partial charge in [0.1, 0.15) is 0 Å². The number of aryl methyl sites for hydroxylation is 1. The van der Waals surface area contributed by atoms with Crippen LogP contribution in [0, 0.1) is 24.7 Å². The lowest BCUT2D eigenvalue weighted by atomic mass is 9.97. The average molecular weight is 267 g/mol. The van der Waals surface area contributed by atoms with Crippen molar-refractivity contribution < 1.29 is 0 Å². The molecule has 1 saturated heterocycles. The van der Waals surface area contributed by atoms with Crippen molar-refractivity contribution in [3.8, 4) is 11.8 Å². The van der Waals surface area contributed by atoms with Crippen molar-refractivity contribution in [3.05, 3.63) is 35.4 Å². The minimum Gasteiger partial charge on any atom is -0.290 e. The number of rotatable bonds is 2. The molecule has 1 aliphatic carbocycles. The van der Waals surface area contributed by atoms with Gasteiger partial charge in [0.2, 0.25) is 0 Å². The third-order valence-electron chi connectivity index (χ3n) is 4.80. The number of nitrogens with zero attached hydrogens (tertiary/aromatic N) is 1. The summed E-state index contributed by atoms with van der Waals surface area (Å²) in [6.07, 6.45) is 8.28. The summed E-state index contributed by atoms with van der Waals surface area (Å²) < 4.78 is 0. The lowest BCUT2D eigenvalue weighted by Crippen LogP contribution is -2.36. The second-order valence-corrected chi connectivity index (χ2v) is 6.37. The van der Waals surface area contributed by atoms with Gasteiger partial charge in [-0.15, -0.1) is 0 Å². The summed E-state index contributed by atoms with van der Waals surface area (Å²) in [5, 5.41) is 0. The lowest BCUT2D eigenvalue weighted by molar-refractivity contribution is 0.224. The van der Waals surface area contributed by atoms with Gasteiger partial charge in [-0.25, -0.2) is 0 Å². The molecule has 0 N–H and O–H groups in total. The van der Waals surface area contributed by atoms with E-state index in [-0.39, 0.29) is 0 Å². The Kier molecular flexibility index (Phi) is 4.43. The topological polar surface area (TPSA) is 3.24 Å². The highest BCUT2D eigenvalue weighted by Crippen LogP contribution is 2.31. The second kappa shape index (κ2) is 6.46. The van der Waals surface area contributed by atoms with E-state index in [1.165, 1.54) is 57.2 Å². The van der Waals surface area contributed by atoms with Crippen molar-refractivity contribution in [2.45, 2.75) is 51.5 Å². The summed E-state index contributed by atoms with van der Waals surface area (Å²) in [4.78, 5) is 2.64. The molecule has 1 atom stereocenters. The fraction of sp³-hybridized carbons (Fsp3) is 0.579. The summed E-state index contributed by atoms with van der Waals surface area (Å²) in [5.41, 5.74) is 2.47. The van der Waals surface area contributed by atoms with Crippen LogP contribution in [0.3, 0.4) is 0 Å². The SMILES string of the molecule is Cc1ccc(C#CC(C2CCCC2)N2CCCC2)cc1. The van der Waals surface area contributed by atoms with Gasteiger partial charge in [-0.1, -0.05) is 42.4 Å². The van der Waals surface area contributed by atoms with E-state index >= 15 is 0 Å². The van der Waals surface area contributed by atoms with E-state index in [0.717, 1.165) is 11.5 Å². The van der Waals surface area contributed by atoms with Gasteiger partial charge in [0.25, 0.3) is 0 Å². The Morgan fingerprint density at radius 3 is 2.30 bits per heavy atom. The normalized spacial score (nSPS) is 21.6. The molecule has 0 amide bonds. The van der Waals surface area contributed by atoms with Crippen molar-refractivity contribution in [2.75, 3.05) is 13.1 Å². The molecule has 20 heavy (non-hydrogen) atoms. The maximum absolute atomic E-state index is 3.62. The van der Waals surface area contributed by atoms with Crippen LogP contribution in [-0.2, 0) is 0 Å². The average Bonchev–Trinajstić information content (AvgIpc) is 3.14. The number of likely N-dealkylation sites (tertiary alicyclic amines) is 1. The van der Waals surface area contributed by atoms with Gasteiger partial charge in [0, 0.05) is 5.56 Å². The molecule has 1 aromatic carbocycles. The number of hydrogen-bond acceptors (Lipinski definition) is 1. The molecule has 1 aromatic rings. The highest BCUT2D eigenvalue weighted by atomic mass is 15.2. The molecular weight excluding hydrogens is 242 g/mol. The molecule has 0 spiro atoms. The first-order valence-electron chi connectivity index (χ1n) is 8.15. The monoisotopic (exact) mass is 267 g/mol. The van der Waals surface area contributed by atoms with E-state index in [9.17, 15) is 0 Å². The Balaban J connectivity index is 1.76. The van der Waals surface area contributed by atoms with Crippen LogP contribution in [0.15, 0.2) is 24.3 Å². The zero-order valence-electron chi connectivity index (χ0n) is 12.6. The van der Waals surface area contributed by atoms with Crippen molar-refractivity contribution in [1.82, 2.24) is 4.90 Å². The first kappa shape index (κ1) is 13.7. The van der Waals surface area contributed by atoms with E-state index in [2.05, 4.69) is 47.9 Å². The molecule has 1 saturated carbocycles. The molecular formula is C19H25N. The Bertz CT molecular complexity index is 463. The summed E-state index contributed by atoms with van der Waals surface area (Å²) in [7, 11) is 0. The molecule has 1 nitrogen and oxygen atoms in total. The van der Waals surface area contributed by atoms with Gasteiger partial charge in [-0.2, -0.15) is 0 Å². The van der Waals surface area contributed by atoms with Gasteiger partial charge in [-0.3, -0.25) is 4.90 Å². The fourth-order valence-corrected chi connectivity index (χ4v) is 3.59. The van der Waals surface area contributed by atoms with Crippen LogP contribution in [0.25, 0.3) is 0 Å². The first-order valence-corrected chi connectivity index (χ1v) is 8.15. The minimum atomic E-state index is 0.501. The van der Waals surface area contributed by atoms with Gasteiger partial charge in [-0.05, 0) is 63.7 Å². The zero-order valence-corrected chi connectivity index (χ0v) is 12.6. The zero-order chi connectivity index (χ0) is 13.8. The third-order valence-corrected chi connectivity index (χ3v) is 4.80. The highest BCUT2D eigenvalue weighted by Gasteiger charge is 2.29. The molecule has 2 aliphatic rings. The number of benzene rings is 1. The van der Waals surface area contributed by atoms with Crippen LogP contribution in [0.1, 0.15) is 49.7 Å². The van der Waals surface area contributed by atoms with Gasteiger partial charge < -0.3 is 0 Å². The van der Waals surface area contributed by atoms with Crippen LogP contribution in [0.4, 0.5) is 0 Å². The Labute approximate surface area is 123 Å². The van der Waals surface area contributed by atoms with E-state index in [0.29, 0.717) is 6.04 Å². The summed E-state index contributed by atoms with van der Waals surface area (Å²) in [5.74, 6) is 7.86. The molecule has 3 rings (SSSR count). The van der Waals surface area contributed by atoms with Gasteiger partial charge in [0.05, 0.1) is 6.04 Å². The van der Waals surface area contributed by atoms with Crippen molar-refractivity contribution in [3.63, 3.8) is 0 Å². The van der Waals surface area contributed by atoms with Crippen LogP contribution < -0.4 is 0 Å². The molecule has 1 heterocycles. The number of hydrogen-bond donors (Lipinski definition) is 0. The van der Waals surface area contributed by atoms with E-state index in [4.69, 9.17) is 0 Å². The molecule has 106 valence electrons. The molecule has 1 aliphatic heterocycles. The van der Waals surface area contributed by atoms with Crippen LogP contribution >= 0.6 is 0 Å². The summed E-state index contributed by atoms with van der Waals surface area (Å²) >= 11 is 0. The largest absolute Gasteiger partial charge is 0.290 e.